The number of amides is 2. The van der Waals surface area contributed by atoms with E-state index < -0.39 is 5.91 Å². The van der Waals surface area contributed by atoms with Gasteiger partial charge in [-0.25, -0.2) is 0 Å². The molecule has 0 bridgehead atoms. The van der Waals surface area contributed by atoms with Crippen LogP contribution < -0.4 is 11.1 Å². The van der Waals surface area contributed by atoms with Gasteiger partial charge in [0.1, 0.15) is 0 Å². The fourth-order valence-corrected chi connectivity index (χ4v) is 1.86. The Hall–Kier alpha value is -1.06. The standard InChI is InChI=1S/C10H18N2O2/c11-9(13)7-12-10(14)8-5-3-1-2-4-6-8/h8H,1-7H2,(H2,11,13)(H,12,14). The third kappa shape index (κ3) is 3.77. The van der Waals surface area contributed by atoms with Crippen molar-refractivity contribution >= 4 is 11.8 Å². The van der Waals surface area contributed by atoms with Gasteiger partial charge >= 0.3 is 0 Å². The van der Waals surface area contributed by atoms with Crippen LogP contribution in [0, 0.1) is 5.92 Å². The van der Waals surface area contributed by atoms with Gasteiger partial charge in [-0.15, -0.1) is 0 Å². The van der Waals surface area contributed by atoms with Gasteiger partial charge in [-0.05, 0) is 12.8 Å². The maximum Gasteiger partial charge on any atom is 0.236 e. The average Bonchev–Trinajstić information content (AvgIpc) is 2.42. The van der Waals surface area contributed by atoms with Crippen molar-refractivity contribution in [1.82, 2.24) is 5.32 Å². The van der Waals surface area contributed by atoms with E-state index in [0.717, 1.165) is 25.7 Å². The van der Waals surface area contributed by atoms with E-state index in [4.69, 9.17) is 5.73 Å². The Balaban J connectivity index is 2.30. The monoisotopic (exact) mass is 198 g/mol. The fourth-order valence-electron chi connectivity index (χ4n) is 1.86. The summed E-state index contributed by atoms with van der Waals surface area (Å²) in [6.07, 6.45) is 6.58. The lowest BCUT2D eigenvalue weighted by molar-refractivity contribution is -0.128. The van der Waals surface area contributed by atoms with Crippen molar-refractivity contribution in [1.29, 1.82) is 0 Å². The van der Waals surface area contributed by atoms with Crippen LogP contribution in [0.15, 0.2) is 0 Å². The Bertz CT molecular complexity index is 208. The maximum absolute atomic E-state index is 11.5. The molecule has 1 rings (SSSR count). The molecule has 0 aromatic rings. The number of carbonyl (C=O) groups is 2. The van der Waals surface area contributed by atoms with Gasteiger partial charge in [-0.1, -0.05) is 25.7 Å². The molecule has 14 heavy (non-hydrogen) atoms. The number of rotatable bonds is 3. The summed E-state index contributed by atoms with van der Waals surface area (Å²) in [4.78, 5) is 22.0. The molecule has 0 heterocycles. The second kappa shape index (κ2) is 5.62. The molecule has 0 atom stereocenters. The molecule has 0 unspecified atom stereocenters. The van der Waals surface area contributed by atoms with E-state index in [1.54, 1.807) is 0 Å². The maximum atomic E-state index is 11.5. The van der Waals surface area contributed by atoms with Crippen LogP contribution in [0.5, 0.6) is 0 Å². The molecule has 0 aliphatic heterocycles. The SMILES string of the molecule is NC(=O)CNC(=O)C1CCCCCC1. The lowest BCUT2D eigenvalue weighted by Gasteiger charge is -2.12. The van der Waals surface area contributed by atoms with Gasteiger partial charge < -0.3 is 11.1 Å². The zero-order chi connectivity index (χ0) is 10.4. The number of primary amides is 1. The second-order valence-corrected chi connectivity index (χ2v) is 3.87. The van der Waals surface area contributed by atoms with Gasteiger partial charge in [0.2, 0.25) is 11.8 Å². The molecule has 0 aromatic carbocycles. The minimum absolute atomic E-state index is 0.00861. The minimum Gasteiger partial charge on any atom is -0.368 e. The highest BCUT2D eigenvalue weighted by Gasteiger charge is 2.19. The molecule has 3 N–H and O–H groups in total. The third-order valence-corrected chi connectivity index (χ3v) is 2.66. The lowest BCUT2D eigenvalue weighted by atomic mass is 9.99. The van der Waals surface area contributed by atoms with Crippen LogP contribution in [0.3, 0.4) is 0 Å². The van der Waals surface area contributed by atoms with E-state index in [2.05, 4.69) is 5.32 Å². The van der Waals surface area contributed by atoms with Crippen molar-refractivity contribution in [2.75, 3.05) is 6.54 Å². The molecule has 1 fully saturated rings. The van der Waals surface area contributed by atoms with Crippen molar-refractivity contribution in [2.45, 2.75) is 38.5 Å². The van der Waals surface area contributed by atoms with E-state index in [9.17, 15) is 9.59 Å². The molecular weight excluding hydrogens is 180 g/mol. The summed E-state index contributed by atoms with van der Waals surface area (Å²) in [7, 11) is 0. The predicted octanol–water partition coefficient (Wildman–Crippen LogP) is 0.558. The fraction of sp³-hybridized carbons (Fsp3) is 0.800. The van der Waals surface area contributed by atoms with E-state index in [0.29, 0.717) is 0 Å². The van der Waals surface area contributed by atoms with E-state index in [1.807, 2.05) is 0 Å². The Labute approximate surface area is 84.2 Å². The first-order valence-electron chi connectivity index (χ1n) is 5.26. The number of carbonyl (C=O) groups excluding carboxylic acids is 2. The first-order valence-corrected chi connectivity index (χ1v) is 5.26. The van der Waals surface area contributed by atoms with Gasteiger partial charge in [0.15, 0.2) is 0 Å². The number of nitrogens with one attached hydrogen (secondary N) is 1. The lowest BCUT2D eigenvalue weighted by Crippen LogP contribution is -2.37. The van der Waals surface area contributed by atoms with E-state index in [-0.39, 0.29) is 18.4 Å². The second-order valence-electron chi connectivity index (χ2n) is 3.87. The highest BCUT2D eigenvalue weighted by Crippen LogP contribution is 2.22. The average molecular weight is 198 g/mol. The summed E-state index contributed by atoms with van der Waals surface area (Å²) in [6, 6.07) is 0. The van der Waals surface area contributed by atoms with Crippen LogP contribution in [0.1, 0.15) is 38.5 Å². The molecule has 0 aromatic heterocycles. The molecule has 80 valence electrons. The first kappa shape index (κ1) is 11.0. The molecule has 2 amide bonds. The van der Waals surface area contributed by atoms with Gasteiger partial charge in [-0.3, -0.25) is 9.59 Å². The minimum atomic E-state index is -0.480. The zero-order valence-corrected chi connectivity index (χ0v) is 8.42. The Kier molecular flexibility index (Phi) is 4.43. The summed E-state index contributed by atoms with van der Waals surface area (Å²) in [5, 5.41) is 2.57. The molecule has 1 aliphatic rings. The number of nitrogens with two attached hydrogens (primary N) is 1. The van der Waals surface area contributed by atoms with Gasteiger partial charge in [0.25, 0.3) is 0 Å². The van der Waals surface area contributed by atoms with Crippen molar-refractivity contribution in [3.8, 4) is 0 Å². The Morgan fingerprint density at radius 1 is 1.14 bits per heavy atom. The van der Waals surface area contributed by atoms with Gasteiger partial charge in [-0.2, -0.15) is 0 Å². The van der Waals surface area contributed by atoms with Crippen LogP contribution in [0.2, 0.25) is 0 Å². The van der Waals surface area contributed by atoms with Crippen LogP contribution >= 0.6 is 0 Å². The summed E-state index contributed by atoms with van der Waals surface area (Å²) in [5.41, 5.74) is 4.95. The normalized spacial score (nSPS) is 18.6. The molecule has 0 radical (unpaired) electrons. The van der Waals surface area contributed by atoms with Crippen LogP contribution in [0.4, 0.5) is 0 Å². The van der Waals surface area contributed by atoms with E-state index >= 15 is 0 Å². The summed E-state index contributed by atoms with van der Waals surface area (Å²) in [5.74, 6) is -0.394. The molecule has 4 nitrogen and oxygen atoms in total. The number of hydrogen-bond acceptors (Lipinski definition) is 2. The summed E-state index contributed by atoms with van der Waals surface area (Å²) < 4.78 is 0. The molecule has 4 heteroatoms. The van der Waals surface area contributed by atoms with Crippen molar-refractivity contribution < 1.29 is 9.59 Å². The summed E-state index contributed by atoms with van der Waals surface area (Å²) >= 11 is 0. The Morgan fingerprint density at radius 2 is 1.71 bits per heavy atom. The van der Waals surface area contributed by atoms with Gasteiger partial charge in [0.05, 0.1) is 6.54 Å². The van der Waals surface area contributed by atoms with Crippen LogP contribution in [-0.4, -0.2) is 18.4 Å². The molecule has 1 aliphatic carbocycles. The largest absolute Gasteiger partial charge is 0.368 e. The summed E-state index contributed by atoms with van der Waals surface area (Å²) in [6.45, 7) is -0.0324. The Morgan fingerprint density at radius 3 is 2.21 bits per heavy atom. The van der Waals surface area contributed by atoms with Crippen LogP contribution in [0.25, 0.3) is 0 Å². The molecular formula is C10H18N2O2. The third-order valence-electron chi connectivity index (χ3n) is 2.66. The van der Waals surface area contributed by atoms with Crippen LogP contribution in [-0.2, 0) is 9.59 Å². The van der Waals surface area contributed by atoms with Crippen molar-refractivity contribution in [2.24, 2.45) is 11.7 Å². The van der Waals surface area contributed by atoms with Crippen molar-refractivity contribution in [3.63, 3.8) is 0 Å². The highest BCUT2D eigenvalue weighted by atomic mass is 16.2. The molecule has 0 saturated heterocycles. The quantitative estimate of drug-likeness (QED) is 0.650. The van der Waals surface area contributed by atoms with E-state index in [1.165, 1.54) is 12.8 Å². The molecule has 0 spiro atoms. The smallest absolute Gasteiger partial charge is 0.236 e. The zero-order valence-electron chi connectivity index (χ0n) is 8.42. The molecule has 1 saturated carbocycles. The first-order chi connectivity index (χ1) is 6.70. The van der Waals surface area contributed by atoms with Gasteiger partial charge in [0, 0.05) is 5.92 Å². The van der Waals surface area contributed by atoms with Crippen molar-refractivity contribution in [3.05, 3.63) is 0 Å². The highest BCUT2D eigenvalue weighted by molar-refractivity contribution is 5.84. The predicted molar refractivity (Wildman–Crippen MR) is 53.4 cm³/mol. The number of hydrogen-bond donors (Lipinski definition) is 2. The topological polar surface area (TPSA) is 72.2 Å².